The molecule has 2 fully saturated rings. The molecule has 0 saturated carbocycles. The molecule has 0 spiro atoms. The number of rotatable bonds is 4. The summed E-state index contributed by atoms with van der Waals surface area (Å²) in [5.74, 6) is 0.251. The minimum absolute atomic E-state index is 0.251. The number of carbonyl (C=O) groups excluding carboxylic acids is 1. The van der Waals surface area contributed by atoms with Crippen molar-refractivity contribution >= 4 is 5.91 Å². The van der Waals surface area contributed by atoms with E-state index in [0.29, 0.717) is 12.5 Å². The Morgan fingerprint density at radius 1 is 1.18 bits per heavy atom. The van der Waals surface area contributed by atoms with E-state index >= 15 is 0 Å². The van der Waals surface area contributed by atoms with E-state index in [0.717, 1.165) is 57.8 Å². The van der Waals surface area contributed by atoms with Gasteiger partial charge in [0.1, 0.15) is 0 Å². The summed E-state index contributed by atoms with van der Waals surface area (Å²) in [4.78, 5) is 23.5. The number of piperazine rings is 1. The fraction of sp³-hybridized carbons (Fsp3) is 0.647. The van der Waals surface area contributed by atoms with Crippen molar-refractivity contribution in [1.29, 1.82) is 0 Å². The Labute approximate surface area is 132 Å². The summed E-state index contributed by atoms with van der Waals surface area (Å²) < 4.78 is 0. The van der Waals surface area contributed by atoms with Gasteiger partial charge in [-0.25, -0.2) is 0 Å². The summed E-state index contributed by atoms with van der Waals surface area (Å²) in [6, 6.07) is 4.41. The van der Waals surface area contributed by atoms with Gasteiger partial charge in [-0.1, -0.05) is 6.92 Å². The van der Waals surface area contributed by atoms with Crippen molar-refractivity contribution in [3.05, 3.63) is 30.1 Å². The molecule has 3 heterocycles. The normalized spacial score (nSPS) is 23.9. The third-order valence-corrected chi connectivity index (χ3v) is 4.99. The molecule has 1 aromatic heterocycles. The lowest BCUT2D eigenvalue weighted by atomic mass is 10.2. The fourth-order valence-corrected chi connectivity index (χ4v) is 3.50. The molecule has 2 saturated heterocycles. The van der Waals surface area contributed by atoms with Gasteiger partial charge in [-0.05, 0) is 30.7 Å². The maximum absolute atomic E-state index is 12.4. The van der Waals surface area contributed by atoms with Gasteiger partial charge in [-0.2, -0.15) is 0 Å². The van der Waals surface area contributed by atoms with Crippen molar-refractivity contribution in [3.8, 4) is 0 Å². The Morgan fingerprint density at radius 2 is 1.91 bits per heavy atom. The van der Waals surface area contributed by atoms with Crippen LogP contribution in [0.1, 0.15) is 18.9 Å². The summed E-state index contributed by atoms with van der Waals surface area (Å²) in [6.07, 6.45) is 5.12. The molecule has 1 amide bonds. The van der Waals surface area contributed by atoms with Crippen LogP contribution in [0.5, 0.6) is 0 Å². The Balaban J connectivity index is 1.49. The molecule has 0 bridgehead atoms. The summed E-state index contributed by atoms with van der Waals surface area (Å²) >= 11 is 0. The predicted octanol–water partition coefficient (Wildman–Crippen LogP) is 0.862. The van der Waals surface area contributed by atoms with E-state index in [1.54, 1.807) is 12.4 Å². The number of likely N-dealkylation sites (tertiary alicyclic amines) is 1. The number of carbonyl (C=O) groups is 1. The Kier molecular flexibility index (Phi) is 5.05. The second-order valence-corrected chi connectivity index (χ2v) is 6.28. The third kappa shape index (κ3) is 3.65. The van der Waals surface area contributed by atoms with E-state index in [1.165, 1.54) is 0 Å². The summed E-state index contributed by atoms with van der Waals surface area (Å²) in [5.41, 5.74) is 1.06. The van der Waals surface area contributed by atoms with Gasteiger partial charge in [0, 0.05) is 57.7 Å². The number of pyridine rings is 1. The quantitative estimate of drug-likeness (QED) is 0.827. The molecule has 0 aliphatic carbocycles. The van der Waals surface area contributed by atoms with Crippen LogP contribution in [0.2, 0.25) is 0 Å². The Bertz CT molecular complexity index is 485. The molecule has 1 unspecified atom stereocenters. The highest BCUT2D eigenvalue weighted by atomic mass is 16.2. The van der Waals surface area contributed by atoms with E-state index in [2.05, 4.69) is 21.7 Å². The Hall–Kier alpha value is -1.46. The van der Waals surface area contributed by atoms with Crippen LogP contribution in [0.3, 0.4) is 0 Å². The van der Waals surface area contributed by atoms with Crippen LogP contribution in [0.4, 0.5) is 0 Å². The summed E-state index contributed by atoms with van der Waals surface area (Å²) in [5, 5.41) is 0. The lowest BCUT2D eigenvalue weighted by Gasteiger charge is -2.37. The number of likely N-dealkylation sites (N-methyl/N-ethyl adjacent to an activating group) is 1. The monoisotopic (exact) mass is 302 g/mol. The van der Waals surface area contributed by atoms with Gasteiger partial charge in [0.05, 0.1) is 6.42 Å². The average Bonchev–Trinajstić information content (AvgIpc) is 3.06. The molecule has 5 heteroatoms. The Morgan fingerprint density at radius 3 is 2.59 bits per heavy atom. The molecular formula is C17H26N4O. The average molecular weight is 302 g/mol. The third-order valence-electron chi connectivity index (χ3n) is 4.99. The molecule has 2 aliphatic heterocycles. The highest BCUT2D eigenvalue weighted by Gasteiger charge is 2.31. The van der Waals surface area contributed by atoms with Crippen LogP contribution in [-0.2, 0) is 11.2 Å². The smallest absolute Gasteiger partial charge is 0.227 e. The maximum Gasteiger partial charge on any atom is 0.227 e. The molecule has 5 nitrogen and oxygen atoms in total. The van der Waals surface area contributed by atoms with Gasteiger partial charge in [0.2, 0.25) is 5.91 Å². The SMILES string of the molecule is CCN1CCN(C2CCN(C(=O)Cc3ccncc3)C2)CC1. The molecular weight excluding hydrogens is 276 g/mol. The van der Waals surface area contributed by atoms with Crippen molar-refractivity contribution in [2.24, 2.45) is 0 Å². The molecule has 1 aromatic rings. The lowest BCUT2D eigenvalue weighted by Crippen LogP contribution is -2.51. The minimum atomic E-state index is 0.251. The van der Waals surface area contributed by atoms with Gasteiger partial charge in [-0.3, -0.25) is 14.7 Å². The van der Waals surface area contributed by atoms with Gasteiger partial charge in [0.15, 0.2) is 0 Å². The zero-order valence-electron chi connectivity index (χ0n) is 13.4. The highest BCUT2D eigenvalue weighted by molar-refractivity contribution is 5.79. The molecule has 120 valence electrons. The van der Waals surface area contributed by atoms with E-state index in [-0.39, 0.29) is 5.91 Å². The largest absolute Gasteiger partial charge is 0.341 e. The molecule has 1 atom stereocenters. The van der Waals surface area contributed by atoms with Crippen molar-refractivity contribution in [2.45, 2.75) is 25.8 Å². The van der Waals surface area contributed by atoms with E-state index in [1.807, 2.05) is 17.0 Å². The molecule has 2 aliphatic rings. The number of hydrogen-bond acceptors (Lipinski definition) is 4. The number of hydrogen-bond donors (Lipinski definition) is 0. The van der Waals surface area contributed by atoms with Gasteiger partial charge in [-0.15, -0.1) is 0 Å². The number of amides is 1. The zero-order valence-corrected chi connectivity index (χ0v) is 13.4. The zero-order chi connectivity index (χ0) is 15.4. The molecule has 0 radical (unpaired) electrons. The van der Waals surface area contributed by atoms with Gasteiger partial charge in [0.25, 0.3) is 0 Å². The molecule has 22 heavy (non-hydrogen) atoms. The van der Waals surface area contributed by atoms with Crippen LogP contribution in [0.25, 0.3) is 0 Å². The van der Waals surface area contributed by atoms with Crippen LogP contribution in [0, 0.1) is 0 Å². The van der Waals surface area contributed by atoms with Crippen molar-refractivity contribution in [2.75, 3.05) is 45.8 Å². The van der Waals surface area contributed by atoms with Crippen molar-refractivity contribution in [3.63, 3.8) is 0 Å². The molecule has 0 aromatic carbocycles. The number of aromatic nitrogens is 1. The highest BCUT2D eigenvalue weighted by Crippen LogP contribution is 2.18. The molecule has 0 N–H and O–H groups in total. The first kappa shape index (κ1) is 15.4. The van der Waals surface area contributed by atoms with Crippen LogP contribution in [-0.4, -0.2) is 77.4 Å². The molecule has 3 rings (SSSR count). The fourth-order valence-electron chi connectivity index (χ4n) is 3.50. The van der Waals surface area contributed by atoms with E-state index in [9.17, 15) is 4.79 Å². The predicted molar refractivity (Wildman–Crippen MR) is 86.6 cm³/mol. The van der Waals surface area contributed by atoms with E-state index < -0.39 is 0 Å². The topological polar surface area (TPSA) is 39.7 Å². The first-order valence-electron chi connectivity index (χ1n) is 8.39. The second-order valence-electron chi connectivity index (χ2n) is 6.28. The maximum atomic E-state index is 12.4. The second kappa shape index (κ2) is 7.20. The van der Waals surface area contributed by atoms with Crippen molar-refractivity contribution in [1.82, 2.24) is 19.7 Å². The van der Waals surface area contributed by atoms with Crippen LogP contribution < -0.4 is 0 Å². The summed E-state index contributed by atoms with van der Waals surface area (Å²) in [7, 11) is 0. The first-order valence-corrected chi connectivity index (χ1v) is 8.39. The van der Waals surface area contributed by atoms with Gasteiger partial charge >= 0.3 is 0 Å². The van der Waals surface area contributed by atoms with Gasteiger partial charge < -0.3 is 9.80 Å². The minimum Gasteiger partial charge on any atom is -0.341 e. The number of nitrogens with zero attached hydrogens (tertiary/aromatic N) is 4. The summed E-state index contributed by atoms with van der Waals surface area (Å²) in [6.45, 7) is 9.80. The lowest BCUT2D eigenvalue weighted by molar-refractivity contribution is -0.129. The van der Waals surface area contributed by atoms with Crippen molar-refractivity contribution < 1.29 is 4.79 Å². The first-order chi connectivity index (χ1) is 10.8. The standard InChI is InChI=1S/C17H26N4O/c1-2-19-9-11-20(12-10-19)16-5-8-21(14-16)17(22)13-15-3-6-18-7-4-15/h3-4,6-7,16H,2,5,8-14H2,1H3. The van der Waals surface area contributed by atoms with E-state index in [4.69, 9.17) is 0 Å². The van der Waals surface area contributed by atoms with Crippen LogP contribution in [0.15, 0.2) is 24.5 Å². The van der Waals surface area contributed by atoms with Crippen LogP contribution >= 0.6 is 0 Å².